The molecule has 0 radical (unpaired) electrons. The highest BCUT2D eigenvalue weighted by Crippen LogP contribution is 2.25. The lowest BCUT2D eigenvalue weighted by atomic mass is 9.84. The van der Waals surface area contributed by atoms with Crippen LogP contribution in [-0.4, -0.2) is 36.6 Å². The highest BCUT2D eigenvalue weighted by Gasteiger charge is 2.36. The van der Waals surface area contributed by atoms with E-state index < -0.39 is 24.5 Å². The molecule has 0 aromatic rings. The third-order valence-electron chi connectivity index (χ3n) is 2.93. The van der Waals surface area contributed by atoms with Crippen LogP contribution in [0.15, 0.2) is 0 Å². The Kier molecular flexibility index (Phi) is 4.18. The van der Waals surface area contributed by atoms with Crippen LogP contribution < -0.4 is 5.73 Å². The van der Waals surface area contributed by atoms with Gasteiger partial charge in [-0.3, -0.25) is 4.79 Å². The van der Waals surface area contributed by atoms with Gasteiger partial charge in [0.15, 0.2) is 0 Å². The standard InChI is InChI=1S/C10H17F3N2O/c1-15(6-10(11,12)13)9(16)7-4-2-3-5-8(7)14/h7-8H,2-6,14H2,1H3. The summed E-state index contributed by atoms with van der Waals surface area (Å²) in [4.78, 5) is 12.5. The summed E-state index contributed by atoms with van der Waals surface area (Å²) in [5, 5.41) is 0. The summed E-state index contributed by atoms with van der Waals surface area (Å²) in [5.41, 5.74) is 5.75. The molecule has 0 saturated heterocycles. The zero-order valence-electron chi connectivity index (χ0n) is 9.26. The van der Waals surface area contributed by atoms with Crippen LogP contribution >= 0.6 is 0 Å². The van der Waals surface area contributed by atoms with E-state index in [0.717, 1.165) is 24.2 Å². The Morgan fingerprint density at radius 2 is 1.94 bits per heavy atom. The van der Waals surface area contributed by atoms with E-state index in [9.17, 15) is 18.0 Å². The first-order valence-corrected chi connectivity index (χ1v) is 5.38. The second-order valence-electron chi connectivity index (χ2n) is 4.36. The average Bonchev–Trinajstić information content (AvgIpc) is 2.15. The van der Waals surface area contributed by atoms with Crippen LogP contribution in [-0.2, 0) is 4.79 Å². The van der Waals surface area contributed by atoms with Crippen molar-refractivity contribution in [3.63, 3.8) is 0 Å². The molecular formula is C10H17F3N2O. The first-order chi connectivity index (χ1) is 7.31. The molecule has 0 aliphatic heterocycles. The molecular weight excluding hydrogens is 221 g/mol. The van der Waals surface area contributed by atoms with Crippen molar-refractivity contribution < 1.29 is 18.0 Å². The van der Waals surface area contributed by atoms with Gasteiger partial charge in [-0.1, -0.05) is 12.8 Å². The van der Waals surface area contributed by atoms with Crippen molar-refractivity contribution in [3.05, 3.63) is 0 Å². The van der Waals surface area contributed by atoms with E-state index in [0.29, 0.717) is 6.42 Å². The maximum atomic E-state index is 12.1. The van der Waals surface area contributed by atoms with E-state index >= 15 is 0 Å². The zero-order chi connectivity index (χ0) is 12.3. The van der Waals surface area contributed by atoms with Crippen molar-refractivity contribution in [3.8, 4) is 0 Å². The largest absolute Gasteiger partial charge is 0.406 e. The highest BCUT2D eigenvalue weighted by atomic mass is 19.4. The number of amides is 1. The number of hydrogen-bond acceptors (Lipinski definition) is 2. The topological polar surface area (TPSA) is 46.3 Å². The molecule has 1 rings (SSSR count). The van der Waals surface area contributed by atoms with Gasteiger partial charge in [-0.2, -0.15) is 13.2 Å². The van der Waals surface area contributed by atoms with Crippen molar-refractivity contribution in [2.75, 3.05) is 13.6 Å². The van der Waals surface area contributed by atoms with E-state index in [2.05, 4.69) is 0 Å². The molecule has 1 aliphatic carbocycles. The average molecular weight is 238 g/mol. The monoisotopic (exact) mass is 238 g/mol. The maximum Gasteiger partial charge on any atom is 0.406 e. The number of rotatable bonds is 2. The van der Waals surface area contributed by atoms with Crippen LogP contribution in [0.1, 0.15) is 25.7 Å². The predicted molar refractivity (Wildman–Crippen MR) is 53.6 cm³/mol. The number of carbonyl (C=O) groups is 1. The van der Waals surface area contributed by atoms with E-state index in [4.69, 9.17) is 5.73 Å². The smallest absolute Gasteiger partial charge is 0.336 e. The summed E-state index contributed by atoms with van der Waals surface area (Å²) in [6.07, 6.45) is -1.21. The Labute approximate surface area is 92.8 Å². The molecule has 0 bridgehead atoms. The molecule has 94 valence electrons. The van der Waals surface area contributed by atoms with Gasteiger partial charge in [0.1, 0.15) is 6.54 Å². The minimum absolute atomic E-state index is 0.295. The molecule has 2 atom stereocenters. The second-order valence-corrected chi connectivity index (χ2v) is 4.36. The molecule has 3 nitrogen and oxygen atoms in total. The number of alkyl halides is 3. The molecule has 0 spiro atoms. The molecule has 0 aromatic heterocycles. The Morgan fingerprint density at radius 1 is 1.38 bits per heavy atom. The van der Waals surface area contributed by atoms with E-state index in [1.165, 1.54) is 7.05 Å². The third-order valence-corrected chi connectivity index (χ3v) is 2.93. The van der Waals surface area contributed by atoms with Gasteiger partial charge in [-0.25, -0.2) is 0 Å². The summed E-state index contributed by atoms with van der Waals surface area (Å²) in [7, 11) is 1.18. The normalized spacial score (nSPS) is 26.6. The number of nitrogens with two attached hydrogens (primary N) is 1. The fourth-order valence-electron chi connectivity index (χ4n) is 2.10. The summed E-state index contributed by atoms with van der Waals surface area (Å²) in [6.45, 7) is -1.20. The fourth-order valence-corrected chi connectivity index (χ4v) is 2.10. The van der Waals surface area contributed by atoms with Crippen molar-refractivity contribution in [1.82, 2.24) is 4.90 Å². The molecule has 0 heterocycles. The number of carbonyl (C=O) groups excluding carboxylic acids is 1. The van der Waals surface area contributed by atoms with Gasteiger partial charge in [-0.15, -0.1) is 0 Å². The minimum atomic E-state index is -4.34. The summed E-state index contributed by atoms with van der Waals surface area (Å²) >= 11 is 0. The van der Waals surface area contributed by atoms with Gasteiger partial charge in [-0.05, 0) is 12.8 Å². The highest BCUT2D eigenvalue weighted by molar-refractivity contribution is 5.79. The Bertz CT molecular complexity index is 255. The summed E-state index contributed by atoms with van der Waals surface area (Å²) in [5.74, 6) is -0.925. The van der Waals surface area contributed by atoms with Crippen molar-refractivity contribution in [2.45, 2.75) is 37.9 Å². The van der Waals surface area contributed by atoms with Crippen LogP contribution in [0, 0.1) is 5.92 Å². The van der Waals surface area contributed by atoms with Gasteiger partial charge in [0.25, 0.3) is 0 Å². The predicted octanol–water partition coefficient (Wildman–Crippen LogP) is 1.52. The number of nitrogens with zero attached hydrogens (tertiary/aromatic N) is 1. The van der Waals surface area contributed by atoms with Gasteiger partial charge >= 0.3 is 6.18 Å². The molecule has 16 heavy (non-hydrogen) atoms. The molecule has 2 N–H and O–H groups in total. The second kappa shape index (κ2) is 5.03. The number of hydrogen-bond donors (Lipinski definition) is 1. The molecule has 1 amide bonds. The lowest BCUT2D eigenvalue weighted by Crippen LogP contribution is -2.46. The first kappa shape index (κ1) is 13.3. The molecule has 1 saturated carbocycles. The SMILES string of the molecule is CN(CC(F)(F)F)C(=O)C1CCCCC1N. The van der Waals surface area contributed by atoms with Crippen LogP contribution in [0.2, 0.25) is 0 Å². The van der Waals surface area contributed by atoms with Gasteiger partial charge in [0, 0.05) is 13.1 Å². The Morgan fingerprint density at radius 3 is 2.44 bits per heavy atom. The fraction of sp³-hybridized carbons (Fsp3) is 0.900. The Balaban J connectivity index is 2.55. The van der Waals surface area contributed by atoms with Crippen molar-refractivity contribution in [1.29, 1.82) is 0 Å². The molecule has 2 unspecified atom stereocenters. The molecule has 1 fully saturated rings. The minimum Gasteiger partial charge on any atom is -0.336 e. The van der Waals surface area contributed by atoms with Gasteiger partial charge in [0.05, 0.1) is 5.92 Å². The first-order valence-electron chi connectivity index (χ1n) is 5.38. The summed E-state index contributed by atoms with van der Waals surface area (Å²) in [6, 6.07) is -0.295. The zero-order valence-corrected chi connectivity index (χ0v) is 9.26. The third kappa shape index (κ3) is 3.66. The summed E-state index contributed by atoms with van der Waals surface area (Å²) < 4.78 is 36.3. The van der Waals surface area contributed by atoms with E-state index in [-0.39, 0.29) is 6.04 Å². The van der Waals surface area contributed by atoms with Crippen LogP contribution in [0.3, 0.4) is 0 Å². The Hall–Kier alpha value is -0.780. The quantitative estimate of drug-likeness (QED) is 0.793. The van der Waals surface area contributed by atoms with Crippen LogP contribution in [0.25, 0.3) is 0 Å². The number of halogens is 3. The lowest BCUT2D eigenvalue weighted by Gasteiger charge is -2.31. The molecule has 6 heteroatoms. The molecule has 0 aromatic carbocycles. The van der Waals surface area contributed by atoms with Crippen LogP contribution in [0.5, 0.6) is 0 Å². The van der Waals surface area contributed by atoms with Crippen LogP contribution in [0.4, 0.5) is 13.2 Å². The van der Waals surface area contributed by atoms with Crippen molar-refractivity contribution in [2.24, 2.45) is 11.7 Å². The maximum absolute atomic E-state index is 12.1. The van der Waals surface area contributed by atoms with Gasteiger partial charge in [0.2, 0.25) is 5.91 Å². The molecule has 1 aliphatic rings. The lowest BCUT2D eigenvalue weighted by molar-refractivity contribution is -0.161. The van der Waals surface area contributed by atoms with Gasteiger partial charge < -0.3 is 10.6 Å². The van der Waals surface area contributed by atoms with E-state index in [1.807, 2.05) is 0 Å². The van der Waals surface area contributed by atoms with Crippen molar-refractivity contribution >= 4 is 5.91 Å². The van der Waals surface area contributed by atoms with E-state index in [1.54, 1.807) is 0 Å².